The van der Waals surface area contributed by atoms with Crippen molar-refractivity contribution >= 4 is 5.82 Å². The summed E-state index contributed by atoms with van der Waals surface area (Å²) in [5.74, 6) is 0.865. The van der Waals surface area contributed by atoms with Crippen LogP contribution in [0.15, 0.2) is 12.3 Å². The van der Waals surface area contributed by atoms with Crippen LogP contribution < -0.4 is 5.32 Å². The van der Waals surface area contributed by atoms with E-state index in [1.807, 2.05) is 6.07 Å². The fourth-order valence-corrected chi connectivity index (χ4v) is 0.967. The monoisotopic (exact) mass is 165 g/mol. The molecule has 0 saturated carbocycles. The topological polar surface area (TPSA) is 37.8 Å². The summed E-state index contributed by atoms with van der Waals surface area (Å²) in [5.41, 5.74) is 1.22. The van der Waals surface area contributed by atoms with E-state index in [4.69, 9.17) is 0 Å². The van der Waals surface area contributed by atoms with Gasteiger partial charge >= 0.3 is 0 Å². The zero-order valence-corrected chi connectivity index (χ0v) is 7.83. The summed E-state index contributed by atoms with van der Waals surface area (Å²) in [4.78, 5) is 0. The highest BCUT2D eigenvalue weighted by Crippen LogP contribution is 2.06. The molecule has 0 aliphatic heterocycles. The summed E-state index contributed by atoms with van der Waals surface area (Å²) in [7, 11) is 0. The summed E-state index contributed by atoms with van der Waals surface area (Å²) in [5, 5.41) is 11.1. The van der Waals surface area contributed by atoms with Gasteiger partial charge in [0.15, 0.2) is 0 Å². The first-order chi connectivity index (χ1) is 5.72. The highest BCUT2D eigenvalue weighted by Gasteiger charge is 1.97. The molecule has 0 atom stereocenters. The quantitative estimate of drug-likeness (QED) is 0.742. The standard InChI is InChI=1S/C9H15N3/c1-4-8-5-9(11-7(2)3)12-10-6-8/h5-7H,4H2,1-3H3,(H,11,12). The van der Waals surface area contributed by atoms with E-state index < -0.39 is 0 Å². The van der Waals surface area contributed by atoms with Crippen molar-refractivity contribution in [1.29, 1.82) is 0 Å². The molecule has 1 aromatic heterocycles. The van der Waals surface area contributed by atoms with Crippen molar-refractivity contribution < 1.29 is 0 Å². The Bertz CT molecular complexity index is 245. The normalized spacial score (nSPS) is 10.3. The van der Waals surface area contributed by atoms with Gasteiger partial charge in [0.1, 0.15) is 5.82 Å². The molecule has 66 valence electrons. The molecule has 0 bridgehead atoms. The Labute approximate surface area is 73.2 Å². The van der Waals surface area contributed by atoms with Gasteiger partial charge in [-0.05, 0) is 31.9 Å². The summed E-state index contributed by atoms with van der Waals surface area (Å²) < 4.78 is 0. The van der Waals surface area contributed by atoms with Crippen LogP contribution in [-0.2, 0) is 6.42 Å². The van der Waals surface area contributed by atoms with Crippen LogP contribution in [0, 0.1) is 0 Å². The minimum absolute atomic E-state index is 0.409. The van der Waals surface area contributed by atoms with E-state index in [2.05, 4.69) is 36.3 Å². The van der Waals surface area contributed by atoms with E-state index in [9.17, 15) is 0 Å². The van der Waals surface area contributed by atoms with Gasteiger partial charge in [-0.15, -0.1) is 5.10 Å². The van der Waals surface area contributed by atoms with Gasteiger partial charge in [-0.25, -0.2) is 0 Å². The Balaban J connectivity index is 2.72. The lowest BCUT2D eigenvalue weighted by atomic mass is 10.2. The van der Waals surface area contributed by atoms with Crippen LogP contribution >= 0.6 is 0 Å². The first-order valence-corrected chi connectivity index (χ1v) is 4.30. The van der Waals surface area contributed by atoms with Crippen LogP contribution in [0.4, 0.5) is 5.82 Å². The van der Waals surface area contributed by atoms with Crippen LogP contribution in [0.2, 0.25) is 0 Å². The molecule has 1 heterocycles. The van der Waals surface area contributed by atoms with E-state index in [0.717, 1.165) is 12.2 Å². The molecule has 0 aromatic carbocycles. The second kappa shape index (κ2) is 4.04. The predicted molar refractivity (Wildman–Crippen MR) is 50.2 cm³/mol. The van der Waals surface area contributed by atoms with Crippen molar-refractivity contribution in [2.75, 3.05) is 5.32 Å². The second-order valence-corrected chi connectivity index (χ2v) is 3.10. The van der Waals surface area contributed by atoms with E-state index in [-0.39, 0.29) is 0 Å². The molecule has 0 spiro atoms. The number of anilines is 1. The number of nitrogens with zero attached hydrogens (tertiary/aromatic N) is 2. The lowest BCUT2D eigenvalue weighted by Gasteiger charge is -2.08. The summed E-state index contributed by atoms with van der Waals surface area (Å²) >= 11 is 0. The first-order valence-electron chi connectivity index (χ1n) is 4.30. The zero-order valence-electron chi connectivity index (χ0n) is 7.83. The van der Waals surface area contributed by atoms with Crippen molar-refractivity contribution in [3.63, 3.8) is 0 Å². The molecule has 0 aliphatic carbocycles. The fourth-order valence-electron chi connectivity index (χ4n) is 0.967. The Kier molecular flexibility index (Phi) is 3.02. The number of nitrogens with one attached hydrogen (secondary N) is 1. The van der Waals surface area contributed by atoms with Crippen molar-refractivity contribution in [1.82, 2.24) is 10.2 Å². The molecule has 1 rings (SSSR count). The Morgan fingerprint density at radius 3 is 2.83 bits per heavy atom. The minimum atomic E-state index is 0.409. The number of aryl methyl sites for hydroxylation is 1. The third kappa shape index (κ3) is 2.49. The average Bonchev–Trinajstić information content (AvgIpc) is 2.03. The molecule has 0 aliphatic rings. The van der Waals surface area contributed by atoms with E-state index in [0.29, 0.717) is 6.04 Å². The molecule has 1 aromatic rings. The van der Waals surface area contributed by atoms with E-state index >= 15 is 0 Å². The first kappa shape index (κ1) is 8.97. The van der Waals surface area contributed by atoms with Gasteiger partial charge in [-0.2, -0.15) is 5.10 Å². The third-order valence-electron chi connectivity index (χ3n) is 1.56. The Hall–Kier alpha value is -1.12. The number of aromatic nitrogens is 2. The molecule has 1 N–H and O–H groups in total. The van der Waals surface area contributed by atoms with E-state index in [1.54, 1.807) is 6.20 Å². The molecule has 3 nitrogen and oxygen atoms in total. The molecule has 12 heavy (non-hydrogen) atoms. The molecule has 3 heteroatoms. The van der Waals surface area contributed by atoms with E-state index in [1.165, 1.54) is 5.56 Å². The highest BCUT2D eigenvalue weighted by molar-refractivity contribution is 5.36. The van der Waals surface area contributed by atoms with Crippen LogP contribution in [-0.4, -0.2) is 16.2 Å². The number of rotatable bonds is 3. The van der Waals surface area contributed by atoms with Gasteiger partial charge in [0.05, 0.1) is 6.20 Å². The SMILES string of the molecule is CCc1cnnc(NC(C)C)c1. The molecule has 0 amide bonds. The average molecular weight is 165 g/mol. The third-order valence-corrected chi connectivity index (χ3v) is 1.56. The van der Waals surface area contributed by atoms with Gasteiger partial charge < -0.3 is 5.32 Å². The van der Waals surface area contributed by atoms with Gasteiger partial charge in [0.25, 0.3) is 0 Å². The molecular formula is C9H15N3. The fraction of sp³-hybridized carbons (Fsp3) is 0.556. The lowest BCUT2D eigenvalue weighted by molar-refractivity contribution is 0.868. The molecule has 0 saturated heterocycles. The van der Waals surface area contributed by atoms with Gasteiger partial charge in [-0.3, -0.25) is 0 Å². The molecular weight excluding hydrogens is 150 g/mol. The second-order valence-electron chi connectivity index (χ2n) is 3.10. The maximum Gasteiger partial charge on any atom is 0.149 e. The van der Waals surface area contributed by atoms with Crippen LogP contribution in [0.1, 0.15) is 26.3 Å². The largest absolute Gasteiger partial charge is 0.366 e. The Morgan fingerprint density at radius 2 is 2.25 bits per heavy atom. The van der Waals surface area contributed by atoms with Crippen LogP contribution in [0.5, 0.6) is 0 Å². The van der Waals surface area contributed by atoms with Crippen LogP contribution in [0.3, 0.4) is 0 Å². The maximum atomic E-state index is 3.97. The van der Waals surface area contributed by atoms with Crippen molar-refractivity contribution in [2.45, 2.75) is 33.2 Å². The smallest absolute Gasteiger partial charge is 0.149 e. The Morgan fingerprint density at radius 1 is 1.50 bits per heavy atom. The van der Waals surface area contributed by atoms with Gasteiger partial charge in [0, 0.05) is 6.04 Å². The zero-order chi connectivity index (χ0) is 8.97. The minimum Gasteiger partial charge on any atom is -0.366 e. The summed E-state index contributed by atoms with van der Waals surface area (Å²) in [6.45, 7) is 6.27. The van der Waals surface area contributed by atoms with Crippen LogP contribution in [0.25, 0.3) is 0 Å². The summed E-state index contributed by atoms with van der Waals surface area (Å²) in [6.07, 6.45) is 2.80. The van der Waals surface area contributed by atoms with Crippen molar-refractivity contribution in [2.24, 2.45) is 0 Å². The lowest BCUT2D eigenvalue weighted by Crippen LogP contribution is -2.11. The van der Waals surface area contributed by atoms with Crippen molar-refractivity contribution in [3.05, 3.63) is 17.8 Å². The number of hydrogen-bond acceptors (Lipinski definition) is 3. The number of hydrogen-bond donors (Lipinski definition) is 1. The molecule has 0 fully saturated rings. The van der Waals surface area contributed by atoms with Gasteiger partial charge in [0.2, 0.25) is 0 Å². The molecule has 0 radical (unpaired) electrons. The van der Waals surface area contributed by atoms with Crippen molar-refractivity contribution in [3.8, 4) is 0 Å². The highest BCUT2D eigenvalue weighted by atomic mass is 15.2. The van der Waals surface area contributed by atoms with Gasteiger partial charge in [-0.1, -0.05) is 6.92 Å². The maximum absolute atomic E-state index is 3.97. The predicted octanol–water partition coefficient (Wildman–Crippen LogP) is 1.86. The molecule has 0 unspecified atom stereocenters. The summed E-state index contributed by atoms with van der Waals surface area (Å²) in [6, 6.07) is 2.44.